The molecule has 5 nitrogen and oxygen atoms in total. The summed E-state index contributed by atoms with van der Waals surface area (Å²) in [5.74, 6) is 0.0175. The number of amides is 3. The fourth-order valence-electron chi connectivity index (χ4n) is 3.68. The largest absolute Gasteiger partial charge is 0.335 e. The molecule has 1 aliphatic rings. The van der Waals surface area contributed by atoms with Gasteiger partial charge in [0.1, 0.15) is 0 Å². The summed E-state index contributed by atoms with van der Waals surface area (Å²) < 4.78 is 0. The average molecular weight is 399 g/mol. The highest BCUT2D eigenvalue weighted by Gasteiger charge is 2.25. The summed E-state index contributed by atoms with van der Waals surface area (Å²) >= 11 is 0. The minimum absolute atomic E-state index is 0.0175. The lowest BCUT2D eigenvalue weighted by atomic mass is 10.0. The van der Waals surface area contributed by atoms with Gasteiger partial charge in [0.25, 0.3) is 5.91 Å². The van der Waals surface area contributed by atoms with E-state index in [9.17, 15) is 9.59 Å². The van der Waals surface area contributed by atoms with Crippen LogP contribution in [0.5, 0.6) is 0 Å². The van der Waals surface area contributed by atoms with Crippen LogP contribution in [0.3, 0.4) is 0 Å². The summed E-state index contributed by atoms with van der Waals surface area (Å²) in [7, 11) is 0. The molecule has 0 aliphatic carbocycles. The second-order valence-corrected chi connectivity index (χ2v) is 7.39. The van der Waals surface area contributed by atoms with Crippen molar-refractivity contribution < 1.29 is 9.59 Å². The van der Waals surface area contributed by atoms with Crippen LogP contribution in [0.15, 0.2) is 84.9 Å². The third kappa shape index (κ3) is 4.69. The third-order valence-corrected chi connectivity index (χ3v) is 5.37. The first-order valence-electron chi connectivity index (χ1n) is 10.2. The molecule has 1 saturated heterocycles. The van der Waals surface area contributed by atoms with Gasteiger partial charge >= 0.3 is 6.03 Å². The van der Waals surface area contributed by atoms with Gasteiger partial charge in [-0.3, -0.25) is 4.79 Å². The third-order valence-electron chi connectivity index (χ3n) is 5.37. The van der Waals surface area contributed by atoms with E-state index in [0.29, 0.717) is 31.7 Å². The van der Waals surface area contributed by atoms with Crippen LogP contribution in [-0.4, -0.2) is 47.9 Å². The summed E-state index contributed by atoms with van der Waals surface area (Å²) in [5.41, 5.74) is 3.79. The highest BCUT2D eigenvalue weighted by atomic mass is 16.2. The van der Waals surface area contributed by atoms with E-state index in [4.69, 9.17) is 0 Å². The van der Waals surface area contributed by atoms with Gasteiger partial charge in [0.05, 0.1) is 0 Å². The number of rotatable bonds is 4. The molecule has 30 heavy (non-hydrogen) atoms. The zero-order valence-corrected chi connectivity index (χ0v) is 16.8. The average Bonchev–Trinajstić information content (AvgIpc) is 2.81. The zero-order valence-electron chi connectivity index (χ0n) is 16.8. The number of carbonyl (C=O) groups excluding carboxylic acids is 2. The molecule has 0 aromatic heterocycles. The number of nitrogens with zero attached hydrogens (tertiary/aromatic N) is 2. The highest BCUT2D eigenvalue weighted by Crippen LogP contribution is 2.20. The van der Waals surface area contributed by atoms with Gasteiger partial charge < -0.3 is 15.1 Å². The van der Waals surface area contributed by atoms with Crippen LogP contribution in [0, 0.1) is 0 Å². The number of anilines is 1. The first kappa shape index (κ1) is 19.7. The molecule has 3 aromatic rings. The van der Waals surface area contributed by atoms with E-state index >= 15 is 0 Å². The maximum absolute atomic E-state index is 12.8. The van der Waals surface area contributed by atoms with Gasteiger partial charge in [-0.1, -0.05) is 66.7 Å². The lowest BCUT2D eigenvalue weighted by Crippen LogP contribution is -2.51. The topological polar surface area (TPSA) is 52.7 Å². The van der Waals surface area contributed by atoms with Crippen molar-refractivity contribution >= 4 is 17.6 Å². The van der Waals surface area contributed by atoms with Gasteiger partial charge in [0.15, 0.2) is 0 Å². The first-order valence-corrected chi connectivity index (χ1v) is 10.2. The van der Waals surface area contributed by atoms with Crippen LogP contribution < -0.4 is 5.32 Å². The van der Waals surface area contributed by atoms with Crippen molar-refractivity contribution in [2.75, 3.05) is 31.5 Å². The number of piperazine rings is 1. The Labute approximate surface area is 176 Å². The minimum Gasteiger partial charge on any atom is -0.335 e. The van der Waals surface area contributed by atoms with Gasteiger partial charge in [-0.2, -0.15) is 0 Å². The highest BCUT2D eigenvalue weighted by molar-refractivity contribution is 5.94. The van der Waals surface area contributed by atoms with Crippen LogP contribution in [0.2, 0.25) is 0 Å². The predicted molar refractivity (Wildman–Crippen MR) is 119 cm³/mol. The SMILES string of the molecule is O=C(Nc1ccccc1Cc1ccccc1)N1CCN(C(=O)c2ccccc2)CC1. The molecule has 0 radical (unpaired) electrons. The number of nitrogens with one attached hydrogen (secondary N) is 1. The molecular formula is C25H25N3O2. The van der Waals surface area contributed by atoms with Crippen LogP contribution >= 0.6 is 0 Å². The van der Waals surface area contributed by atoms with Crippen molar-refractivity contribution in [1.29, 1.82) is 0 Å². The monoisotopic (exact) mass is 399 g/mol. The van der Waals surface area contributed by atoms with Crippen molar-refractivity contribution in [2.24, 2.45) is 0 Å². The van der Waals surface area contributed by atoms with Gasteiger partial charge in [-0.15, -0.1) is 0 Å². The lowest BCUT2D eigenvalue weighted by molar-refractivity contribution is 0.0671. The molecule has 1 heterocycles. The van der Waals surface area contributed by atoms with Gasteiger partial charge in [-0.05, 0) is 35.7 Å². The Kier molecular flexibility index (Phi) is 6.09. The minimum atomic E-state index is -0.123. The molecule has 5 heteroatoms. The molecule has 0 bridgehead atoms. The number of benzene rings is 3. The van der Waals surface area contributed by atoms with Crippen LogP contribution in [0.1, 0.15) is 21.5 Å². The quantitative estimate of drug-likeness (QED) is 0.712. The number of para-hydroxylation sites is 1. The van der Waals surface area contributed by atoms with Crippen LogP contribution in [-0.2, 0) is 6.42 Å². The van der Waals surface area contributed by atoms with Crippen molar-refractivity contribution in [2.45, 2.75) is 6.42 Å². The molecule has 152 valence electrons. The van der Waals surface area contributed by atoms with Crippen LogP contribution in [0.4, 0.5) is 10.5 Å². The molecule has 3 amide bonds. The molecule has 4 rings (SSSR count). The number of urea groups is 1. The van der Waals surface area contributed by atoms with Crippen molar-refractivity contribution in [3.63, 3.8) is 0 Å². The van der Waals surface area contributed by atoms with Crippen molar-refractivity contribution in [3.8, 4) is 0 Å². The van der Waals surface area contributed by atoms with Crippen LogP contribution in [0.25, 0.3) is 0 Å². The Morgan fingerprint density at radius 3 is 1.97 bits per heavy atom. The zero-order chi connectivity index (χ0) is 20.8. The summed E-state index contributed by atoms with van der Waals surface area (Å²) in [6, 6.07) is 27.3. The first-order chi connectivity index (χ1) is 14.7. The van der Waals surface area contributed by atoms with E-state index in [1.54, 1.807) is 4.90 Å². The molecule has 0 spiro atoms. The Balaban J connectivity index is 1.36. The standard InChI is InChI=1S/C25H25N3O2/c29-24(21-11-5-2-6-12-21)27-15-17-28(18-16-27)25(30)26-23-14-8-7-13-22(23)19-20-9-3-1-4-10-20/h1-14H,15-19H2,(H,26,30). The van der Waals surface area contributed by atoms with Crippen molar-refractivity contribution in [3.05, 3.63) is 102 Å². The molecule has 3 aromatic carbocycles. The smallest absolute Gasteiger partial charge is 0.321 e. The summed E-state index contributed by atoms with van der Waals surface area (Å²) in [6.07, 6.45) is 0.761. The summed E-state index contributed by atoms with van der Waals surface area (Å²) in [6.45, 7) is 2.11. The Morgan fingerprint density at radius 2 is 1.27 bits per heavy atom. The molecule has 1 N–H and O–H groups in total. The van der Waals surface area contributed by atoms with E-state index in [0.717, 1.165) is 17.7 Å². The van der Waals surface area contributed by atoms with E-state index in [1.807, 2.05) is 77.7 Å². The fourth-order valence-corrected chi connectivity index (χ4v) is 3.68. The lowest BCUT2D eigenvalue weighted by Gasteiger charge is -2.35. The van der Waals surface area contributed by atoms with Gasteiger partial charge in [0, 0.05) is 37.4 Å². The van der Waals surface area contributed by atoms with Gasteiger partial charge in [-0.25, -0.2) is 4.79 Å². The number of carbonyl (C=O) groups is 2. The maximum Gasteiger partial charge on any atom is 0.321 e. The van der Waals surface area contributed by atoms with E-state index in [1.165, 1.54) is 5.56 Å². The fraction of sp³-hybridized carbons (Fsp3) is 0.200. The molecule has 0 saturated carbocycles. The van der Waals surface area contributed by atoms with E-state index in [2.05, 4.69) is 17.4 Å². The Hall–Kier alpha value is -3.60. The summed E-state index contributed by atoms with van der Waals surface area (Å²) in [4.78, 5) is 29.0. The molecular weight excluding hydrogens is 374 g/mol. The molecule has 0 unspecified atom stereocenters. The Bertz CT molecular complexity index is 997. The van der Waals surface area contributed by atoms with E-state index < -0.39 is 0 Å². The Morgan fingerprint density at radius 1 is 0.700 bits per heavy atom. The van der Waals surface area contributed by atoms with E-state index in [-0.39, 0.29) is 11.9 Å². The predicted octanol–water partition coefficient (Wildman–Crippen LogP) is 4.27. The molecule has 0 atom stereocenters. The van der Waals surface area contributed by atoms with Crippen molar-refractivity contribution in [1.82, 2.24) is 9.80 Å². The normalized spacial score (nSPS) is 13.7. The maximum atomic E-state index is 12.8. The number of hydrogen-bond acceptors (Lipinski definition) is 2. The second kappa shape index (κ2) is 9.27. The second-order valence-electron chi connectivity index (χ2n) is 7.39. The molecule has 1 aliphatic heterocycles. The molecule has 1 fully saturated rings. The number of hydrogen-bond donors (Lipinski definition) is 1. The van der Waals surface area contributed by atoms with Gasteiger partial charge in [0.2, 0.25) is 0 Å². The summed E-state index contributed by atoms with van der Waals surface area (Å²) in [5, 5.41) is 3.06.